The van der Waals surface area contributed by atoms with Crippen LogP contribution in [0.1, 0.15) is 32.1 Å². The van der Waals surface area contributed by atoms with Gasteiger partial charge in [-0.05, 0) is 47.0 Å². The first-order chi connectivity index (χ1) is 9.15. The highest BCUT2D eigenvalue weighted by atomic mass is 79.9. The normalized spacial score (nSPS) is 16.1. The minimum Gasteiger partial charge on any atom is -0.483 e. The van der Waals surface area contributed by atoms with Crippen molar-refractivity contribution < 1.29 is 9.53 Å². The molecule has 1 aliphatic carbocycles. The molecule has 0 atom stereocenters. The number of carbonyl (C=O) groups excluding carboxylic acids is 1. The Morgan fingerprint density at radius 1 is 1.37 bits per heavy atom. The number of amides is 1. The average molecular weight is 347 g/mol. The van der Waals surface area contributed by atoms with Crippen LogP contribution in [0.25, 0.3) is 0 Å². The van der Waals surface area contributed by atoms with Gasteiger partial charge < -0.3 is 10.1 Å². The Labute approximate surface area is 126 Å². The van der Waals surface area contributed by atoms with E-state index in [0.717, 1.165) is 17.3 Å². The summed E-state index contributed by atoms with van der Waals surface area (Å²) in [6, 6.07) is 5.55. The van der Waals surface area contributed by atoms with Gasteiger partial charge in [0.1, 0.15) is 5.75 Å². The standard InChI is InChI=1S/C14H17BrClNO2/c15-12-8-10(16)6-7-13(12)19-9-14(18)17-11-4-2-1-3-5-11/h6-8,11H,1-5,9H2,(H,17,18). The molecule has 1 N–H and O–H groups in total. The van der Waals surface area contributed by atoms with Crippen LogP contribution in [0.3, 0.4) is 0 Å². The second kappa shape index (κ2) is 7.15. The summed E-state index contributed by atoms with van der Waals surface area (Å²) in [6.45, 7) is 0.0384. The third-order valence-corrected chi connectivity index (χ3v) is 4.08. The lowest BCUT2D eigenvalue weighted by atomic mass is 9.95. The fourth-order valence-electron chi connectivity index (χ4n) is 2.25. The fourth-order valence-corrected chi connectivity index (χ4v) is 3.05. The van der Waals surface area contributed by atoms with Gasteiger partial charge in [-0.15, -0.1) is 0 Å². The van der Waals surface area contributed by atoms with E-state index in [-0.39, 0.29) is 12.5 Å². The number of carbonyl (C=O) groups is 1. The molecule has 0 aromatic heterocycles. The molecule has 1 aliphatic rings. The third-order valence-electron chi connectivity index (χ3n) is 3.22. The molecule has 0 heterocycles. The molecule has 104 valence electrons. The zero-order valence-corrected chi connectivity index (χ0v) is 13.0. The number of ether oxygens (including phenoxy) is 1. The maximum absolute atomic E-state index is 11.8. The molecule has 1 saturated carbocycles. The van der Waals surface area contributed by atoms with Crippen molar-refractivity contribution in [1.82, 2.24) is 5.32 Å². The second-order valence-corrected chi connectivity index (χ2v) is 6.06. The van der Waals surface area contributed by atoms with Crippen molar-refractivity contribution >= 4 is 33.4 Å². The maximum atomic E-state index is 11.8. The fraction of sp³-hybridized carbons (Fsp3) is 0.500. The molecule has 0 spiro atoms. The van der Waals surface area contributed by atoms with E-state index in [2.05, 4.69) is 21.2 Å². The lowest BCUT2D eigenvalue weighted by Crippen LogP contribution is -2.38. The molecule has 3 nitrogen and oxygen atoms in total. The minimum absolute atomic E-state index is 0.0384. The summed E-state index contributed by atoms with van der Waals surface area (Å²) in [6.07, 6.45) is 5.84. The molecule has 0 radical (unpaired) electrons. The summed E-state index contributed by atoms with van der Waals surface area (Å²) in [4.78, 5) is 11.8. The molecule has 1 aromatic rings. The highest BCUT2D eigenvalue weighted by molar-refractivity contribution is 9.10. The molecular weight excluding hydrogens is 330 g/mol. The van der Waals surface area contributed by atoms with Crippen molar-refractivity contribution in [3.8, 4) is 5.75 Å². The van der Waals surface area contributed by atoms with Crippen LogP contribution in [0.5, 0.6) is 5.75 Å². The van der Waals surface area contributed by atoms with Crippen LogP contribution in [0.2, 0.25) is 5.02 Å². The molecule has 0 aliphatic heterocycles. The largest absolute Gasteiger partial charge is 0.483 e. The molecule has 19 heavy (non-hydrogen) atoms. The van der Waals surface area contributed by atoms with Crippen LogP contribution in [-0.2, 0) is 4.79 Å². The molecule has 0 bridgehead atoms. The zero-order valence-electron chi connectivity index (χ0n) is 10.6. The first-order valence-electron chi connectivity index (χ1n) is 6.52. The van der Waals surface area contributed by atoms with Gasteiger partial charge in [0.05, 0.1) is 4.47 Å². The Morgan fingerprint density at radius 3 is 2.79 bits per heavy atom. The summed E-state index contributed by atoms with van der Waals surface area (Å²) in [5.41, 5.74) is 0. The Kier molecular flexibility index (Phi) is 5.52. The summed E-state index contributed by atoms with van der Waals surface area (Å²) in [5.74, 6) is 0.567. The molecular formula is C14H17BrClNO2. The van der Waals surface area contributed by atoms with Gasteiger partial charge >= 0.3 is 0 Å². The topological polar surface area (TPSA) is 38.3 Å². The van der Waals surface area contributed by atoms with E-state index in [1.54, 1.807) is 18.2 Å². The van der Waals surface area contributed by atoms with Gasteiger partial charge in [-0.2, -0.15) is 0 Å². The Morgan fingerprint density at radius 2 is 2.11 bits per heavy atom. The number of halogens is 2. The van der Waals surface area contributed by atoms with Crippen molar-refractivity contribution in [3.63, 3.8) is 0 Å². The van der Waals surface area contributed by atoms with Gasteiger partial charge in [-0.25, -0.2) is 0 Å². The predicted octanol–water partition coefficient (Wildman–Crippen LogP) is 3.93. The quantitative estimate of drug-likeness (QED) is 0.897. The van der Waals surface area contributed by atoms with Gasteiger partial charge in [0, 0.05) is 11.1 Å². The Bertz CT molecular complexity index is 447. The first-order valence-corrected chi connectivity index (χ1v) is 7.69. The number of hydrogen-bond donors (Lipinski definition) is 1. The SMILES string of the molecule is O=C(COc1ccc(Cl)cc1Br)NC1CCCCC1. The first kappa shape index (κ1) is 14.7. The van der Waals surface area contributed by atoms with Gasteiger partial charge in [-0.3, -0.25) is 4.79 Å². The van der Waals surface area contributed by atoms with Crippen molar-refractivity contribution in [1.29, 1.82) is 0 Å². The van der Waals surface area contributed by atoms with Crippen molar-refractivity contribution in [3.05, 3.63) is 27.7 Å². The van der Waals surface area contributed by atoms with Gasteiger partial charge in [0.15, 0.2) is 6.61 Å². The maximum Gasteiger partial charge on any atom is 0.258 e. The van der Waals surface area contributed by atoms with Crippen molar-refractivity contribution in [2.24, 2.45) is 0 Å². The zero-order chi connectivity index (χ0) is 13.7. The second-order valence-electron chi connectivity index (χ2n) is 4.77. The van der Waals surface area contributed by atoms with Crippen LogP contribution >= 0.6 is 27.5 Å². The Balaban J connectivity index is 1.79. The van der Waals surface area contributed by atoms with Gasteiger partial charge in [0.2, 0.25) is 0 Å². The van der Waals surface area contributed by atoms with Gasteiger partial charge in [-0.1, -0.05) is 30.9 Å². The highest BCUT2D eigenvalue weighted by Gasteiger charge is 2.16. The van der Waals surface area contributed by atoms with Crippen molar-refractivity contribution in [2.75, 3.05) is 6.61 Å². The molecule has 0 saturated heterocycles. The summed E-state index contributed by atoms with van der Waals surface area (Å²) >= 11 is 9.20. The lowest BCUT2D eigenvalue weighted by Gasteiger charge is -2.22. The summed E-state index contributed by atoms with van der Waals surface area (Å²) in [5, 5.41) is 3.65. The van der Waals surface area contributed by atoms with E-state index >= 15 is 0 Å². The van der Waals surface area contributed by atoms with E-state index in [9.17, 15) is 4.79 Å². The van der Waals surface area contributed by atoms with E-state index in [1.165, 1.54) is 19.3 Å². The molecule has 0 unspecified atom stereocenters. The van der Waals surface area contributed by atoms with E-state index in [1.807, 2.05) is 0 Å². The molecule has 5 heteroatoms. The molecule has 1 amide bonds. The molecule has 1 fully saturated rings. The predicted molar refractivity (Wildman–Crippen MR) is 79.7 cm³/mol. The van der Waals surface area contributed by atoms with Crippen LogP contribution < -0.4 is 10.1 Å². The third kappa shape index (κ3) is 4.69. The number of rotatable bonds is 4. The monoisotopic (exact) mass is 345 g/mol. The summed E-state index contributed by atoms with van der Waals surface area (Å²) in [7, 11) is 0. The van der Waals surface area contributed by atoms with E-state index < -0.39 is 0 Å². The Hall–Kier alpha value is -0.740. The molecule has 1 aromatic carbocycles. The van der Waals surface area contributed by atoms with Crippen LogP contribution in [-0.4, -0.2) is 18.6 Å². The van der Waals surface area contributed by atoms with Crippen LogP contribution in [0, 0.1) is 0 Å². The lowest BCUT2D eigenvalue weighted by molar-refractivity contribution is -0.124. The van der Waals surface area contributed by atoms with E-state index in [0.29, 0.717) is 16.8 Å². The van der Waals surface area contributed by atoms with Crippen molar-refractivity contribution in [2.45, 2.75) is 38.1 Å². The van der Waals surface area contributed by atoms with E-state index in [4.69, 9.17) is 16.3 Å². The number of hydrogen-bond acceptors (Lipinski definition) is 2. The minimum atomic E-state index is -0.0613. The van der Waals surface area contributed by atoms with Crippen LogP contribution in [0.15, 0.2) is 22.7 Å². The van der Waals surface area contributed by atoms with Gasteiger partial charge in [0.25, 0.3) is 5.91 Å². The summed E-state index contributed by atoms with van der Waals surface area (Å²) < 4.78 is 6.23. The number of benzene rings is 1. The highest BCUT2D eigenvalue weighted by Crippen LogP contribution is 2.27. The smallest absolute Gasteiger partial charge is 0.258 e. The van der Waals surface area contributed by atoms with Crippen LogP contribution in [0.4, 0.5) is 0 Å². The number of nitrogens with one attached hydrogen (secondary N) is 1. The molecule has 2 rings (SSSR count). The average Bonchev–Trinajstić information content (AvgIpc) is 2.39.